The number of nitrogens with zero attached hydrogens (tertiary/aromatic N) is 1. The lowest BCUT2D eigenvalue weighted by Crippen LogP contribution is -2.22. The second-order valence-corrected chi connectivity index (χ2v) is 2.77. The Morgan fingerprint density at radius 1 is 1.91 bits per heavy atom. The fraction of sp³-hybridized carbons (Fsp3) is 0.333. The summed E-state index contributed by atoms with van der Waals surface area (Å²) in [7, 11) is 0. The highest BCUT2D eigenvalue weighted by molar-refractivity contribution is 14.1. The maximum atomic E-state index is 11.0. The smallest absolute Gasteiger partial charge is 0.273 e. The highest BCUT2D eigenvalue weighted by atomic mass is 127. The van der Waals surface area contributed by atoms with Crippen LogP contribution in [0.25, 0.3) is 0 Å². The molecule has 0 aliphatic carbocycles. The Balaban J connectivity index is 2.69. The van der Waals surface area contributed by atoms with E-state index in [1.165, 1.54) is 6.26 Å². The summed E-state index contributed by atoms with van der Waals surface area (Å²) in [6.07, 6.45) is 1.34. The van der Waals surface area contributed by atoms with Crippen molar-refractivity contribution in [2.24, 2.45) is 0 Å². The molecule has 0 fully saturated rings. The van der Waals surface area contributed by atoms with Crippen LogP contribution in [0.5, 0.6) is 0 Å². The van der Waals surface area contributed by atoms with Crippen LogP contribution in [0.4, 0.5) is 0 Å². The van der Waals surface area contributed by atoms with Gasteiger partial charge in [0.15, 0.2) is 5.69 Å². The molecule has 1 N–H and O–H groups in total. The van der Waals surface area contributed by atoms with Crippen LogP contribution in [0.2, 0.25) is 0 Å². The maximum Gasteiger partial charge on any atom is 0.273 e. The van der Waals surface area contributed by atoms with E-state index in [9.17, 15) is 4.79 Å². The van der Waals surface area contributed by atoms with Crippen molar-refractivity contribution in [2.75, 3.05) is 6.54 Å². The molecule has 0 aliphatic heterocycles. The Bertz CT molecular complexity index is 259. The average Bonchev–Trinajstić information content (AvgIpc) is 2.36. The number of amides is 1. The molecule has 0 spiro atoms. The number of hydrogen-bond acceptors (Lipinski definition) is 3. The number of halogens is 1. The van der Waals surface area contributed by atoms with Gasteiger partial charge < -0.3 is 9.73 Å². The van der Waals surface area contributed by atoms with Gasteiger partial charge in [0.25, 0.3) is 9.80 Å². The maximum absolute atomic E-state index is 11.0. The largest absolute Gasteiger partial charge is 0.440 e. The molecule has 0 saturated carbocycles. The molecule has 0 saturated heterocycles. The summed E-state index contributed by atoms with van der Waals surface area (Å²) >= 11 is 1.90. The summed E-state index contributed by atoms with van der Waals surface area (Å²) in [5.41, 5.74) is 0.330. The van der Waals surface area contributed by atoms with Crippen LogP contribution in [-0.4, -0.2) is 17.4 Å². The van der Waals surface area contributed by atoms with Crippen molar-refractivity contribution in [1.29, 1.82) is 0 Å². The summed E-state index contributed by atoms with van der Waals surface area (Å²) < 4.78 is 5.32. The van der Waals surface area contributed by atoms with E-state index in [1.54, 1.807) is 0 Å². The third-order valence-electron chi connectivity index (χ3n) is 1.05. The molecule has 0 aromatic carbocycles. The zero-order valence-electron chi connectivity index (χ0n) is 5.93. The first-order valence-corrected chi connectivity index (χ1v) is 4.21. The summed E-state index contributed by atoms with van der Waals surface area (Å²) in [5.74, 6) is -0.195. The van der Waals surface area contributed by atoms with Crippen LogP contribution in [0.3, 0.4) is 0 Å². The van der Waals surface area contributed by atoms with Crippen LogP contribution < -0.4 is 5.32 Å². The molecule has 1 amide bonds. The fourth-order valence-corrected chi connectivity index (χ4v) is 0.994. The van der Waals surface area contributed by atoms with E-state index in [0.717, 1.165) is 0 Å². The Labute approximate surface area is 77.5 Å². The molecule has 5 heteroatoms. The van der Waals surface area contributed by atoms with E-state index in [4.69, 9.17) is 4.42 Å². The van der Waals surface area contributed by atoms with Gasteiger partial charge in [-0.15, -0.1) is 0 Å². The van der Waals surface area contributed by atoms with Crippen LogP contribution in [-0.2, 0) is 0 Å². The Morgan fingerprint density at radius 2 is 2.64 bits per heavy atom. The van der Waals surface area contributed by atoms with Crippen LogP contribution >= 0.6 is 22.6 Å². The molecule has 0 aliphatic rings. The molecule has 60 valence electrons. The second-order valence-electron chi connectivity index (χ2n) is 1.85. The molecule has 0 bridgehead atoms. The van der Waals surface area contributed by atoms with Gasteiger partial charge in [-0.25, -0.2) is 0 Å². The van der Waals surface area contributed by atoms with Crippen molar-refractivity contribution in [2.45, 2.75) is 6.92 Å². The molecule has 4 nitrogen and oxygen atoms in total. The van der Waals surface area contributed by atoms with E-state index >= 15 is 0 Å². The first kappa shape index (κ1) is 8.51. The highest BCUT2D eigenvalue weighted by Crippen LogP contribution is 2.03. The molecule has 0 atom stereocenters. The van der Waals surface area contributed by atoms with Crippen molar-refractivity contribution >= 4 is 28.5 Å². The predicted molar refractivity (Wildman–Crippen MR) is 47.2 cm³/mol. The molecular formula is C6H7IN2O2. The lowest BCUT2D eigenvalue weighted by atomic mass is 10.4. The lowest BCUT2D eigenvalue weighted by Gasteiger charge is -1.94. The van der Waals surface area contributed by atoms with Crippen molar-refractivity contribution in [3.8, 4) is 0 Å². The van der Waals surface area contributed by atoms with Crippen molar-refractivity contribution in [3.63, 3.8) is 0 Å². The van der Waals surface area contributed by atoms with Crippen LogP contribution in [0.1, 0.15) is 17.4 Å². The van der Waals surface area contributed by atoms with Crippen LogP contribution in [0, 0.1) is 3.90 Å². The van der Waals surface area contributed by atoms with E-state index < -0.39 is 0 Å². The Hall–Kier alpha value is -0.590. The number of rotatable bonds is 2. The number of hydrogen-bond donors (Lipinski definition) is 1. The zero-order chi connectivity index (χ0) is 8.27. The van der Waals surface area contributed by atoms with E-state index in [2.05, 4.69) is 10.3 Å². The molecule has 1 rings (SSSR count). The second kappa shape index (κ2) is 3.70. The van der Waals surface area contributed by atoms with Gasteiger partial charge in [0.1, 0.15) is 6.26 Å². The quantitative estimate of drug-likeness (QED) is 0.813. The van der Waals surface area contributed by atoms with Gasteiger partial charge in [-0.1, -0.05) is 0 Å². The van der Waals surface area contributed by atoms with Gasteiger partial charge >= 0.3 is 0 Å². The van der Waals surface area contributed by atoms with Crippen molar-refractivity contribution in [3.05, 3.63) is 15.9 Å². The standard InChI is InChI=1S/C6H7IN2O2/c1-2-8-5(10)4-3-11-6(7)9-4/h3H,2H2,1H3,(H,8,10). The monoisotopic (exact) mass is 266 g/mol. The highest BCUT2D eigenvalue weighted by Gasteiger charge is 2.08. The first-order valence-electron chi connectivity index (χ1n) is 3.13. The lowest BCUT2D eigenvalue weighted by molar-refractivity contribution is 0.0951. The first-order chi connectivity index (χ1) is 5.24. The SMILES string of the molecule is CCNC(=O)c1coc(I)n1. The van der Waals surface area contributed by atoms with Crippen molar-refractivity contribution < 1.29 is 9.21 Å². The average molecular weight is 266 g/mol. The number of carbonyl (C=O) groups is 1. The molecule has 0 unspecified atom stereocenters. The van der Waals surface area contributed by atoms with Crippen LogP contribution in [0.15, 0.2) is 10.7 Å². The minimum Gasteiger partial charge on any atom is -0.440 e. The Kier molecular flexibility index (Phi) is 2.86. The summed E-state index contributed by atoms with van der Waals surface area (Å²) in [5, 5.41) is 2.61. The van der Waals surface area contributed by atoms with E-state index in [1.807, 2.05) is 29.5 Å². The van der Waals surface area contributed by atoms with E-state index in [0.29, 0.717) is 16.1 Å². The molecule has 0 radical (unpaired) electrons. The molecule has 1 aromatic heterocycles. The van der Waals surface area contributed by atoms with Gasteiger partial charge in [-0.3, -0.25) is 4.79 Å². The predicted octanol–water partition coefficient (Wildman–Crippen LogP) is 1.03. The minimum absolute atomic E-state index is 0.195. The summed E-state index contributed by atoms with van der Waals surface area (Å²) in [4.78, 5) is 14.9. The summed E-state index contributed by atoms with van der Waals surface area (Å²) in [6, 6.07) is 0. The molecule has 11 heavy (non-hydrogen) atoms. The number of oxazole rings is 1. The molecule has 1 aromatic rings. The van der Waals surface area contributed by atoms with Gasteiger partial charge in [0, 0.05) is 29.1 Å². The normalized spacial score (nSPS) is 9.64. The van der Waals surface area contributed by atoms with Crippen molar-refractivity contribution in [1.82, 2.24) is 10.3 Å². The van der Waals surface area contributed by atoms with Gasteiger partial charge in [0.05, 0.1) is 0 Å². The van der Waals surface area contributed by atoms with Gasteiger partial charge in [-0.2, -0.15) is 4.98 Å². The fourth-order valence-electron chi connectivity index (χ4n) is 0.607. The van der Waals surface area contributed by atoms with Gasteiger partial charge in [0.2, 0.25) is 0 Å². The molecule has 1 heterocycles. The topological polar surface area (TPSA) is 55.1 Å². The minimum atomic E-state index is -0.195. The number of aromatic nitrogens is 1. The van der Waals surface area contributed by atoms with Gasteiger partial charge in [-0.05, 0) is 6.92 Å². The summed E-state index contributed by atoms with van der Waals surface area (Å²) in [6.45, 7) is 2.45. The zero-order valence-corrected chi connectivity index (χ0v) is 8.08. The molecular weight excluding hydrogens is 259 g/mol. The third-order valence-corrected chi connectivity index (χ3v) is 1.54. The third kappa shape index (κ3) is 2.18. The number of nitrogens with one attached hydrogen (secondary N) is 1. The Morgan fingerprint density at radius 3 is 3.09 bits per heavy atom. The number of carbonyl (C=O) groups excluding carboxylic acids is 1. The van der Waals surface area contributed by atoms with E-state index in [-0.39, 0.29) is 5.91 Å².